The van der Waals surface area contributed by atoms with Crippen molar-refractivity contribution >= 4 is 41.8 Å². The summed E-state index contributed by atoms with van der Waals surface area (Å²) in [5.41, 5.74) is 0.186. The van der Waals surface area contributed by atoms with E-state index in [2.05, 4.69) is 20.9 Å². The number of phenolic OH excluding ortho intramolecular Hbond substituents is 1. The lowest BCUT2D eigenvalue weighted by Crippen LogP contribution is -2.48. The zero-order valence-corrected chi connectivity index (χ0v) is 19.5. The highest BCUT2D eigenvalue weighted by molar-refractivity contribution is 14.0. The molecule has 0 aromatic heterocycles. The molecule has 0 aliphatic rings. The molecule has 0 aliphatic carbocycles. The van der Waals surface area contributed by atoms with Crippen LogP contribution in [0.2, 0.25) is 0 Å². The molecule has 1 aromatic rings. The van der Waals surface area contributed by atoms with E-state index in [1.54, 1.807) is 24.1 Å². The smallest absolute Gasteiger partial charge is 0.251 e. The van der Waals surface area contributed by atoms with Crippen LogP contribution in [0.1, 0.15) is 38.1 Å². The van der Waals surface area contributed by atoms with E-state index in [-0.39, 0.29) is 53.6 Å². The highest BCUT2D eigenvalue weighted by Crippen LogP contribution is 2.09. The first-order chi connectivity index (χ1) is 12.6. The maximum absolute atomic E-state index is 12.1. The Hall–Kier alpha value is -2.04. The second-order valence-electron chi connectivity index (χ2n) is 7.19. The predicted molar refractivity (Wildman–Crippen MR) is 122 cm³/mol. The van der Waals surface area contributed by atoms with Gasteiger partial charge in [-0.1, -0.05) is 0 Å². The molecule has 0 atom stereocenters. The van der Waals surface area contributed by atoms with Crippen molar-refractivity contribution in [3.05, 3.63) is 29.8 Å². The van der Waals surface area contributed by atoms with Gasteiger partial charge in [-0.2, -0.15) is 0 Å². The number of nitrogens with zero attached hydrogens (tertiary/aromatic N) is 2. The minimum absolute atomic E-state index is 0. The standard InChI is InChI=1S/C19H31N5O3.HI/c1-6-20-18(24(5)13-16(26)23-19(2,3)4)22-12-11-21-17(27)14-7-9-15(25)10-8-14;/h7-10,25H,6,11-13H2,1-5H3,(H,20,22)(H,21,27)(H,23,26);1H. The normalized spacial score (nSPS) is 11.2. The van der Waals surface area contributed by atoms with Crippen molar-refractivity contribution in [1.29, 1.82) is 0 Å². The summed E-state index contributed by atoms with van der Waals surface area (Å²) in [6, 6.07) is 6.04. The van der Waals surface area contributed by atoms with Crippen molar-refractivity contribution < 1.29 is 14.7 Å². The maximum atomic E-state index is 12.1. The molecule has 9 heteroatoms. The highest BCUT2D eigenvalue weighted by Gasteiger charge is 2.16. The topological polar surface area (TPSA) is 106 Å². The number of guanidine groups is 1. The Kier molecular flexibility index (Phi) is 11.5. The Labute approximate surface area is 184 Å². The molecule has 28 heavy (non-hydrogen) atoms. The van der Waals surface area contributed by atoms with Gasteiger partial charge in [0, 0.05) is 31.2 Å². The average molecular weight is 505 g/mol. The molecule has 0 unspecified atom stereocenters. The molecule has 0 saturated heterocycles. The van der Waals surface area contributed by atoms with Crippen molar-refractivity contribution in [1.82, 2.24) is 20.9 Å². The summed E-state index contributed by atoms with van der Waals surface area (Å²) in [6.45, 7) is 9.33. The quantitative estimate of drug-likeness (QED) is 0.195. The largest absolute Gasteiger partial charge is 0.508 e. The lowest BCUT2D eigenvalue weighted by Gasteiger charge is -2.25. The first kappa shape index (κ1) is 26.0. The van der Waals surface area contributed by atoms with Gasteiger partial charge >= 0.3 is 0 Å². The van der Waals surface area contributed by atoms with Crippen LogP contribution in [0, 0.1) is 0 Å². The Morgan fingerprint density at radius 2 is 1.75 bits per heavy atom. The molecule has 0 fully saturated rings. The number of halogens is 1. The Morgan fingerprint density at radius 3 is 2.29 bits per heavy atom. The van der Waals surface area contributed by atoms with E-state index in [1.165, 1.54) is 12.1 Å². The molecule has 0 heterocycles. The third kappa shape index (κ3) is 10.3. The number of hydrogen-bond acceptors (Lipinski definition) is 4. The number of rotatable bonds is 7. The summed E-state index contributed by atoms with van der Waals surface area (Å²) < 4.78 is 0. The van der Waals surface area contributed by atoms with Gasteiger partial charge in [-0.05, 0) is 52.0 Å². The van der Waals surface area contributed by atoms with Crippen molar-refractivity contribution in [3.8, 4) is 5.75 Å². The third-order valence-corrected chi connectivity index (χ3v) is 3.38. The summed E-state index contributed by atoms with van der Waals surface area (Å²) in [7, 11) is 1.79. The predicted octanol–water partition coefficient (Wildman–Crippen LogP) is 1.55. The van der Waals surface area contributed by atoms with Crippen LogP contribution in [0.5, 0.6) is 5.75 Å². The number of nitrogens with one attached hydrogen (secondary N) is 3. The van der Waals surface area contributed by atoms with E-state index in [0.717, 1.165) is 0 Å². The van der Waals surface area contributed by atoms with Crippen molar-refractivity contribution in [2.75, 3.05) is 33.2 Å². The summed E-state index contributed by atoms with van der Waals surface area (Å²) in [6.07, 6.45) is 0. The molecule has 4 N–H and O–H groups in total. The van der Waals surface area contributed by atoms with Gasteiger partial charge in [-0.25, -0.2) is 0 Å². The number of aliphatic imine (C=N–C) groups is 1. The van der Waals surface area contributed by atoms with E-state index in [4.69, 9.17) is 0 Å². The molecule has 1 aromatic carbocycles. The fraction of sp³-hybridized carbons (Fsp3) is 0.526. The molecule has 0 saturated carbocycles. The fourth-order valence-electron chi connectivity index (χ4n) is 2.26. The van der Waals surface area contributed by atoms with Crippen LogP contribution in [0.25, 0.3) is 0 Å². The van der Waals surface area contributed by atoms with Gasteiger partial charge in [0.15, 0.2) is 5.96 Å². The van der Waals surface area contributed by atoms with Gasteiger partial charge in [0.1, 0.15) is 5.75 Å². The summed E-state index contributed by atoms with van der Waals surface area (Å²) in [5.74, 6) is 0.398. The zero-order valence-electron chi connectivity index (χ0n) is 17.2. The van der Waals surface area contributed by atoms with E-state index in [0.29, 0.717) is 31.2 Å². The number of aromatic hydroxyl groups is 1. The van der Waals surface area contributed by atoms with Crippen LogP contribution >= 0.6 is 24.0 Å². The number of carbonyl (C=O) groups excluding carboxylic acids is 2. The van der Waals surface area contributed by atoms with Crippen LogP contribution in [-0.2, 0) is 4.79 Å². The molecule has 0 aliphatic heterocycles. The van der Waals surface area contributed by atoms with E-state index < -0.39 is 0 Å². The second-order valence-corrected chi connectivity index (χ2v) is 7.19. The van der Waals surface area contributed by atoms with Gasteiger partial charge in [-0.15, -0.1) is 24.0 Å². The summed E-state index contributed by atoms with van der Waals surface area (Å²) >= 11 is 0. The fourth-order valence-corrected chi connectivity index (χ4v) is 2.26. The van der Waals surface area contributed by atoms with Crippen LogP contribution in [0.3, 0.4) is 0 Å². The number of phenols is 1. The van der Waals surface area contributed by atoms with Crippen LogP contribution < -0.4 is 16.0 Å². The van der Waals surface area contributed by atoms with Crippen molar-refractivity contribution in [2.24, 2.45) is 4.99 Å². The van der Waals surface area contributed by atoms with Crippen molar-refractivity contribution in [3.63, 3.8) is 0 Å². The number of benzene rings is 1. The molecule has 0 radical (unpaired) electrons. The van der Waals surface area contributed by atoms with Crippen LogP contribution in [-0.4, -0.2) is 66.5 Å². The average Bonchev–Trinajstić information content (AvgIpc) is 2.56. The first-order valence-corrected chi connectivity index (χ1v) is 9.00. The number of likely N-dealkylation sites (N-methyl/N-ethyl adjacent to an activating group) is 1. The summed E-state index contributed by atoms with van der Waals surface area (Å²) in [4.78, 5) is 30.3. The molecular formula is C19H32IN5O3. The van der Waals surface area contributed by atoms with Crippen LogP contribution in [0.15, 0.2) is 29.3 Å². The second kappa shape index (κ2) is 12.4. The Bertz CT molecular complexity index is 657. The minimum Gasteiger partial charge on any atom is -0.508 e. The highest BCUT2D eigenvalue weighted by atomic mass is 127. The monoisotopic (exact) mass is 505 g/mol. The Balaban J connectivity index is 0.00000729. The van der Waals surface area contributed by atoms with Crippen molar-refractivity contribution in [2.45, 2.75) is 33.2 Å². The van der Waals surface area contributed by atoms with E-state index >= 15 is 0 Å². The molecule has 8 nitrogen and oxygen atoms in total. The molecule has 158 valence electrons. The van der Waals surface area contributed by atoms with Gasteiger partial charge in [0.05, 0.1) is 13.1 Å². The molecule has 0 bridgehead atoms. The maximum Gasteiger partial charge on any atom is 0.251 e. The lowest BCUT2D eigenvalue weighted by atomic mass is 10.1. The Morgan fingerprint density at radius 1 is 1.14 bits per heavy atom. The number of hydrogen-bond donors (Lipinski definition) is 4. The van der Waals surface area contributed by atoms with Gasteiger partial charge in [0.25, 0.3) is 5.91 Å². The molecule has 2 amide bonds. The molecular weight excluding hydrogens is 473 g/mol. The minimum atomic E-state index is -0.286. The summed E-state index contributed by atoms with van der Waals surface area (Å²) in [5, 5.41) is 18.1. The first-order valence-electron chi connectivity index (χ1n) is 9.00. The molecule has 0 spiro atoms. The van der Waals surface area contributed by atoms with Gasteiger partial charge < -0.3 is 26.0 Å². The third-order valence-electron chi connectivity index (χ3n) is 3.38. The van der Waals surface area contributed by atoms with E-state index in [9.17, 15) is 14.7 Å². The molecule has 1 rings (SSSR count). The zero-order chi connectivity index (χ0) is 20.4. The van der Waals surface area contributed by atoms with Crippen LogP contribution in [0.4, 0.5) is 0 Å². The number of amides is 2. The van der Waals surface area contributed by atoms with Gasteiger partial charge in [0.2, 0.25) is 5.91 Å². The van der Waals surface area contributed by atoms with Gasteiger partial charge in [-0.3, -0.25) is 14.6 Å². The number of carbonyl (C=O) groups is 2. The SMILES string of the molecule is CCNC(=NCCNC(=O)c1ccc(O)cc1)N(C)CC(=O)NC(C)(C)C.I. The lowest BCUT2D eigenvalue weighted by molar-refractivity contribution is -0.122. The van der Waals surface area contributed by atoms with E-state index in [1.807, 2.05) is 27.7 Å².